The zero-order chi connectivity index (χ0) is 16.7. The lowest BCUT2D eigenvalue weighted by molar-refractivity contribution is -0.385. The van der Waals surface area contributed by atoms with Gasteiger partial charge in [-0.25, -0.2) is 8.42 Å². The number of amides is 1. The van der Waals surface area contributed by atoms with E-state index in [1.165, 1.54) is 30.1 Å². The molecule has 0 spiro atoms. The summed E-state index contributed by atoms with van der Waals surface area (Å²) in [4.78, 5) is 24.4. The molecule has 1 atom stereocenters. The van der Waals surface area contributed by atoms with Gasteiger partial charge in [0.1, 0.15) is 0 Å². The number of aryl methyl sites for hydroxylation is 1. The molecule has 1 fully saturated rings. The number of carbonyl (C=O) groups excluding carboxylic acids is 1. The Hall–Kier alpha value is -1.96. The molecular weight excluding hydrogens is 308 g/mol. The summed E-state index contributed by atoms with van der Waals surface area (Å²) in [6.07, 6.45) is 0.367. The molecule has 1 amide bonds. The first-order chi connectivity index (χ1) is 10.1. The summed E-state index contributed by atoms with van der Waals surface area (Å²) in [6, 6.07) is 4.28. The minimum Gasteiger partial charge on any atom is -0.335 e. The number of rotatable bonds is 3. The van der Waals surface area contributed by atoms with E-state index in [1.807, 2.05) is 0 Å². The third-order valence-electron chi connectivity index (χ3n) is 4.25. The third kappa shape index (κ3) is 2.96. The first-order valence-electron chi connectivity index (χ1n) is 6.79. The Morgan fingerprint density at radius 3 is 2.55 bits per heavy atom. The van der Waals surface area contributed by atoms with Gasteiger partial charge in [-0.3, -0.25) is 14.9 Å². The van der Waals surface area contributed by atoms with E-state index >= 15 is 0 Å². The van der Waals surface area contributed by atoms with Gasteiger partial charge < -0.3 is 4.90 Å². The van der Waals surface area contributed by atoms with E-state index in [-0.39, 0.29) is 22.8 Å². The van der Waals surface area contributed by atoms with Crippen LogP contribution < -0.4 is 0 Å². The molecule has 1 aromatic rings. The summed E-state index contributed by atoms with van der Waals surface area (Å²) in [5.41, 5.74) is -0.247. The van der Waals surface area contributed by atoms with Gasteiger partial charge >= 0.3 is 0 Å². The van der Waals surface area contributed by atoms with Gasteiger partial charge in [-0.15, -0.1) is 0 Å². The predicted molar refractivity (Wildman–Crippen MR) is 81.6 cm³/mol. The summed E-state index contributed by atoms with van der Waals surface area (Å²) in [6.45, 7) is 3.32. The Morgan fingerprint density at radius 1 is 1.41 bits per heavy atom. The lowest BCUT2D eigenvalue weighted by atomic mass is 9.98. The number of nitro groups is 1. The number of hydrogen-bond acceptors (Lipinski definition) is 5. The van der Waals surface area contributed by atoms with Gasteiger partial charge in [-0.1, -0.05) is 6.07 Å². The maximum Gasteiger partial charge on any atom is 0.273 e. The molecule has 7 nitrogen and oxygen atoms in total. The van der Waals surface area contributed by atoms with Crippen molar-refractivity contribution in [3.8, 4) is 0 Å². The van der Waals surface area contributed by atoms with E-state index < -0.39 is 26.2 Å². The van der Waals surface area contributed by atoms with E-state index in [4.69, 9.17) is 0 Å². The Balaban J connectivity index is 2.32. The van der Waals surface area contributed by atoms with Crippen molar-refractivity contribution in [1.82, 2.24) is 4.90 Å². The van der Waals surface area contributed by atoms with Crippen LogP contribution >= 0.6 is 0 Å². The Labute approximate surface area is 129 Å². The van der Waals surface area contributed by atoms with Gasteiger partial charge in [-0.2, -0.15) is 0 Å². The lowest BCUT2D eigenvalue weighted by Crippen LogP contribution is -2.48. The SMILES string of the molecule is Cc1ccc(C(=O)N(C)C2(C)CCS(=O)(=O)C2)cc1[N+](=O)[O-]. The van der Waals surface area contributed by atoms with Crippen molar-refractivity contribution >= 4 is 21.4 Å². The topological polar surface area (TPSA) is 97.6 Å². The number of carbonyl (C=O) groups is 1. The fraction of sp³-hybridized carbons (Fsp3) is 0.500. The molecule has 1 heterocycles. The van der Waals surface area contributed by atoms with Gasteiger partial charge in [0.2, 0.25) is 0 Å². The summed E-state index contributed by atoms with van der Waals surface area (Å²) in [5, 5.41) is 11.0. The molecule has 1 saturated heterocycles. The van der Waals surface area contributed by atoms with E-state index in [0.29, 0.717) is 12.0 Å². The van der Waals surface area contributed by atoms with Crippen LogP contribution in [-0.4, -0.2) is 48.2 Å². The van der Waals surface area contributed by atoms with Crippen LogP contribution in [0.2, 0.25) is 0 Å². The van der Waals surface area contributed by atoms with Crippen molar-refractivity contribution in [2.24, 2.45) is 0 Å². The van der Waals surface area contributed by atoms with Crippen LogP contribution in [0.3, 0.4) is 0 Å². The molecule has 22 heavy (non-hydrogen) atoms. The molecular formula is C14H18N2O5S. The molecule has 8 heteroatoms. The second-order valence-corrected chi connectivity index (χ2v) is 8.15. The minimum absolute atomic E-state index is 0.0508. The standard InChI is InChI=1S/C14H18N2O5S/c1-10-4-5-11(8-12(10)16(18)19)13(17)15(3)14(2)6-7-22(20,21)9-14/h4-5,8H,6-7,9H2,1-3H3. The second kappa shape index (κ2) is 5.35. The molecule has 0 radical (unpaired) electrons. The van der Waals surface area contributed by atoms with Crippen molar-refractivity contribution in [2.45, 2.75) is 25.8 Å². The molecule has 0 saturated carbocycles. The highest BCUT2D eigenvalue weighted by atomic mass is 32.2. The van der Waals surface area contributed by atoms with E-state index in [2.05, 4.69) is 0 Å². The Bertz CT molecular complexity index is 744. The van der Waals surface area contributed by atoms with Gasteiger partial charge in [0.25, 0.3) is 11.6 Å². The number of benzene rings is 1. The van der Waals surface area contributed by atoms with E-state index in [1.54, 1.807) is 13.8 Å². The van der Waals surface area contributed by atoms with Crippen molar-refractivity contribution < 1.29 is 18.1 Å². The number of sulfone groups is 1. The largest absolute Gasteiger partial charge is 0.335 e. The van der Waals surface area contributed by atoms with E-state index in [9.17, 15) is 23.3 Å². The van der Waals surface area contributed by atoms with Crippen LogP contribution in [0.5, 0.6) is 0 Å². The fourth-order valence-electron chi connectivity index (χ4n) is 2.64. The highest BCUT2D eigenvalue weighted by molar-refractivity contribution is 7.91. The van der Waals surface area contributed by atoms with Crippen LogP contribution in [0.4, 0.5) is 5.69 Å². The lowest BCUT2D eigenvalue weighted by Gasteiger charge is -2.34. The van der Waals surface area contributed by atoms with Gasteiger partial charge in [-0.05, 0) is 26.3 Å². The highest BCUT2D eigenvalue weighted by Gasteiger charge is 2.43. The monoisotopic (exact) mass is 326 g/mol. The van der Waals surface area contributed by atoms with Crippen molar-refractivity contribution in [2.75, 3.05) is 18.6 Å². The summed E-state index contributed by atoms with van der Waals surface area (Å²) in [5.74, 6) is -0.451. The molecule has 120 valence electrons. The number of hydrogen-bond donors (Lipinski definition) is 0. The molecule has 0 bridgehead atoms. The maximum absolute atomic E-state index is 12.5. The quantitative estimate of drug-likeness (QED) is 0.620. The fourth-order valence-corrected chi connectivity index (χ4v) is 4.82. The maximum atomic E-state index is 12.5. The van der Waals surface area contributed by atoms with Crippen molar-refractivity contribution in [3.05, 3.63) is 39.4 Å². The first kappa shape index (κ1) is 16.4. The van der Waals surface area contributed by atoms with E-state index in [0.717, 1.165) is 0 Å². The molecule has 2 rings (SSSR count). The number of nitrogens with zero attached hydrogens (tertiary/aromatic N) is 2. The normalized spacial score (nSPS) is 23.2. The molecule has 0 N–H and O–H groups in total. The summed E-state index contributed by atoms with van der Waals surface area (Å²) < 4.78 is 23.3. The average molecular weight is 326 g/mol. The van der Waals surface area contributed by atoms with Gasteiger partial charge in [0.15, 0.2) is 9.84 Å². The van der Waals surface area contributed by atoms with Gasteiger partial charge in [0.05, 0.1) is 22.0 Å². The predicted octanol–water partition coefficient (Wildman–Crippen LogP) is 1.55. The van der Waals surface area contributed by atoms with Crippen LogP contribution in [-0.2, 0) is 9.84 Å². The minimum atomic E-state index is -3.15. The molecule has 1 aromatic carbocycles. The Kier molecular flexibility index (Phi) is 3.99. The second-order valence-electron chi connectivity index (χ2n) is 5.96. The zero-order valence-corrected chi connectivity index (χ0v) is 13.5. The first-order valence-corrected chi connectivity index (χ1v) is 8.61. The van der Waals surface area contributed by atoms with Crippen LogP contribution in [0.1, 0.15) is 29.3 Å². The molecule has 1 aliphatic heterocycles. The molecule has 1 unspecified atom stereocenters. The van der Waals surface area contributed by atoms with Crippen LogP contribution in [0.15, 0.2) is 18.2 Å². The zero-order valence-electron chi connectivity index (χ0n) is 12.7. The average Bonchev–Trinajstić information content (AvgIpc) is 2.72. The molecule has 1 aliphatic rings. The smallest absolute Gasteiger partial charge is 0.273 e. The van der Waals surface area contributed by atoms with Gasteiger partial charge in [0, 0.05) is 24.2 Å². The summed E-state index contributed by atoms with van der Waals surface area (Å²) in [7, 11) is -1.61. The summed E-state index contributed by atoms with van der Waals surface area (Å²) >= 11 is 0. The molecule has 0 aliphatic carbocycles. The van der Waals surface area contributed by atoms with Crippen molar-refractivity contribution in [3.63, 3.8) is 0 Å². The van der Waals surface area contributed by atoms with Crippen LogP contribution in [0, 0.1) is 17.0 Å². The Morgan fingerprint density at radius 2 is 2.05 bits per heavy atom. The third-order valence-corrected chi connectivity index (χ3v) is 6.14. The number of nitro benzene ring substituents is 1. The van der Waals surface area contributed by atoms with Crippen molar-refractivity contribution in [1.29, 1.82) is 0 Å². The molecule has 0 aromatic heterocycles. The van der Waals surface area contributed by atoms with Crippen LogP contribution in [0.25, 0.3) is 0 Å². The highest BCUT2D eigenvalue weighted by Crippen LogP contribution is 2.30.